The van der Waals surface area contributed by atoms with E-state index in [4.69, 9.17) is 0 Å². The molecular weight excluding hydrogens is 418 g/mol. The number of benzodiazepines with no additional fused rings is 1. The van der Waals surface area contributed by atoms with Crippen molar-refractivity contribution in [3.05, 3.63) is 65.7 Å². The number of carbonyl (C=O) groups excluding carboxylic acids is 3. The highest BCUT2D eigenvalue weighted by Crippen LogP contribution is 2.25. The van der Waals surface area contributed by atoms with Crippen LogP contribution < -0.4 is 10.2 Å². The Hall–Kier alpha value is -3.48. The minimum absolute atomic E-state index is 0.0124. The molecule has 2 amide bonds. The Bertz CT molecular complexity index is 957. The van der Waals surface area contributed by atoms with Gasteiger partial charge in [-0.2, -0.15) is 0 Å². The molecule has 33 heavy (non-hydrogen) atoms. The normalized spacial score (nSPS) is 12.5. The first kappa shape index (κ1) is 25.8. The van der Waals surface area contributed by atoms with Gasteiger partial charge in [0.1, 0.15) is 13.1 Å². The molecule has 7 heteroatoms. The number of ether oxygens (including phenoxy) is 1. The summed E-state index contributed by atoms with van der Waals surface area (Å²) in [4.78, 5) is 40.1. The summed E-state index contributed by atoms with van der Waals surface area (Å²) in [7, 11) is 1.80. The summed E-state index contributed by atoms with van der Waals surface area (Å²) in [5.41, 5.74) is 3.83. The third-order valence-electron chi connectivity index (χ3n) is 5.06. The topological polar surface area (TPSA) is 88.1 Å². The number of likely N-dealkylation sites (N-methyl/N-ethyl adjacent to an activating group) is 1. The van der Waals surface area contributed by atoms with Crippen molar-refractivity contribution in [1.29, 1.82) is 0 Å². The number of hydrogen-bond acceptors (Lipinski definition) is 5. The summed E-state index contributed by atoms with van der Waals surface area (Å²) < 4.78 is 4.66. The maximum atomic E-state index is 12.0. The van der Waals surface area contributed by atoms with Crippen molar-refractivity contribution in [1.82, 2.24) is 5.32 Å². The lowest BCUT2D eigenvalue weighted by molar-refractivity contribution is -0.143. The number of carbonyl (C=O) groups is 3. The molecule has 0 spiro atoms. The zero-order valence-corrected chi connectivity index (χ0v) is 19.7. The van der Waals surface area contributed by atoms with Crippen LogP contribution in [0.15, 0.2) is 59.6 Å². The van der Waals surface area contributed by atoms with Gasteiger partial charge >= 0.3 is 5.97 Å². The molecule has 0 fully saturated rings. The molecule has 0 unspecified atom stereocenters. The number of esters is 1. The Balaban J connectivity index is 0.000000248. The lowest BCUT2D eigenvalue weighted by atomic mass is 10.0. The molecular formula is C26H33N3O4. The first-order valence-corrected chi connectivity index (χ1v) is 11.4. The molecule has 1 N–H and O–H groups in total. The number of nitrogens with one attached hydrogen (secondary N) is 1. The average molecular weight is 452 g/mol. The van der Waals surface area contributed by atoms with Gasteiger partial charge in [-0.05, 0) is 19.4 Å². The van der Waals surface area contributed by atoms with Gasteiger partial charge in [0.15, 0.2) is 0 Å². The molecule has 0 aromatic heterocycles. The van der Waals surface area contributed by atoms with Gasteiger partial charge < -0.3 is 15.0 Å². The third kappa shape index (κ3) is 8.18. The number of amides is 2. The Morgan fingerprint density at radius 1 is 1.03 bits per heavy atom. The Labute approximate surface area is 195 Å². The molecule has 2 aromatic carbocycles. The first-order valence-electron chi connectivity index (χ1n) is 11.4. The van der Waals surface area contributed by atoms with Gasteiger partial charge in [0.25, 0.3) is 0 Å². The number of hydrogen-bond donors (Lipinski definition) is 1. The second-order valence-electron chi connectivity index (χ2n) is 7.54. The highest BCUT2D eigenvalue weighted by Gasteiger charge is 2.21. The van der Waals surface area contributed by atoms with Gasteiger partial charge in [0.2, 0.25) is 11.8 Å². The van der Waals surface area contributed by atoms with Crippen molar-refractivity contribution < 1.29 is 19.1 Å². The summed E-state index contributed by atoms with van der Waals surface area (Å²) >= 11 is 0. The number of aliphatic imine (C=N–C) groups is 1. The number of fused-ring (bicyclic) bond motifs is 1. The number of rotatable bonds is 8. The number of nitrogens with zero attached hydrogens (tertiary/aromatic N) is 2. The van der Waals surface area contributed by atoms with Gasteiger partial charge in [-0.25, -0.2) is 0 Å². The van der Waals surface area contributed by atoms with Crippen molar-refractivity contribution in [3.8, 4) is 0 Å². The summed E-state index contributed by atoms with van der Waals surface area (Å²) in [6.45, 7) is 4.34. The SMILES string of the molecule is CCCCCC(=O)NCC(=O)OCC.CN1C(=O)CN=C(c2ccccc2)c2ccccc21. The zero-order valence-electron chi connectivity index (χ0n) is 19.7. The molecule has 0 radical (unpaired) electrons. The number of benzene rings is 2. The Morgan fingerprint density at radius 2 is 1.73 bits per heavy atom. The van der Waals surface area contributed by atoms with Crippen LogP contribution in [0.25, 0.3) is 0 Å². The maximum Gasteiger partial charge on any atom is 0.325 e. The van der Waals surface area contributed by atoms with Crippen molar-refractivity contribution in [2.75, 3.05) is 31.6 Å². The fourth-order valence-electron chi connectivity index (χ4n) is 3.29. The van der Waals surface area contributed by atoms with Gasteiger partial charge in [-0.1, -0.05) is 68.3 Å². The van der Waals surface area contributed by atoms with Crippen LogP contribution in [0.2, 0.25) is 0 Å². The summed E-state index contributed by atoms with van der Waals surface area (Å²) in [6, 6.07) is 17.9. The highest BCUT2D eigenvalue weighted by molar-refractivity contribution is 6.19. The minimum Gasteiger partial charge on any atom is -0.465 e. The molecule has 3 rings (SSSR count). The minimum atomic E-state index is -0.378. The van der Waals surface area contributed by atoms with E-state index in [9.17, 15) is 14.4 Å². The van der Waals surface area contributed by atoms with Gasteiger partial charge in [-0.15, -0.1) is 0 Å². The van der Waals surface area contributed by atoms with E-state index in [1.54, 1.807) is 18.9 Å². The number of unbranched alkanes of at least 4 members (excludes halogenated alkanes) is 2. The van der Waals surface area contributed by atoms with Gasteiger partial charge in [-0.3, -0.25) is 19.4 Å². The van der Waals surface area contributed by atoms with E-state index >= 15 is 0 Å². The largest absolute Gasteiger partial charge is 0.465 e. The standard InChI is InChI=1S/C16H14N2O.C10H19NO3/c1-18-14-10-6-5-9-13(14)16(17-11-15(18)19)12-7-3-2-4-8-12;1-3-5-6-7-9(12)11-8-10(13)14-4-2/h2-10H,11H2,1H3;3-8H2,1-2H3,(H,11,12). The molecule has 0 aliphatic carbocycles. The van der Waals surface area contributed by atoms with E-state index in [0.29, 0.717) is 13.0 Å². The fraction of sp³-hybridized carbons (Fsp3) is 0.385. The van der Waals surface area contributed by atoms with E-state index in [2.05, 4.69) is 22.0 Å². The van der Waals surface area contributed by atoms with E-state index in [-0.39, 0.29) is 30.9 Å². The number of anilines is 1. The van der Waals surface area contributed by atoms with Crippen LogP contribution in [0.4, 0.5) is 5.69 Å². The van der Waals surface area contributed by atoms with E-state index < -0.39 is 0 Å². The Kier molecular flexibility index (Phi) is 10.8. The van der Waals surface area contributed by atoms with Crippen LogP contribution in [0.3, 0.4) is 0 Å². The van der Waals surface area contributed by atoms with Crippen LogP contribution in [0.5, 0.6) is 0 Å². The monoisotopic (exact) mass is 451 g/mol. The van der Waals surface area contributed by atoms with E-state index in [0.717, 1.165) is 41.8 Å². The van der Waals surface area contributed by atoms with E-state index in [1.807, 2.05) is 54.6 Å². The predicted molar refractivity (Wildman–Crippen MR) is 131 cm³/mol. The van der Waals surface area contributed by atoms with Crippen molar-refractivity contribution in [2.24, 2.45) is 4.99 Å². The maximum absolute atomic E-state index is 12.0. The average Bonchev–Trinajstić information content (AvgIpc) is 2.96. The third-order valence-corrected chi connectivity index (χ3v) is 5.06. The predicted octanol–water partition coefficient (Wildman–Crippen LogP) is 3.75. The lowest BCUT2D eigenvalue weighted by Crippen LogP contribution is -2.30. The smallest absolute Gasteiger partial charge is 0.325 e. The van der Waals surface area contributed by atoms with Crippen molar-refractivity contribution >= 4 is 29.2 Å². The molecule has 176 valence electrons. The molecule has 0 atom stereocenters. The first-order chi connectivity index (χ1) is 16.0. The van der Waals surface area contributed by atoms with Crippen LogP contribution >= 0.6 is 0 Å². The molecule has 0 saturated heterocycles. The lowest BCUT2D eigenvalue weighted by Gasteiger charge is -2.17. The quantitative estimate of drug-likeness (QED) is 0.489. The highest BCUT2D eigenvalue weighted by atomic mass is 16.5. The van der Waals surface area contributed by atoms with Gasteiger partial charge in [0.05, 0.1) is 18.0 Å². The second-order valence-corrected chi connectivity index (χ2v) is 7.54. The van der Waals surface area contributed by atoms with Crippen LogP contribution in [-0.2, 0) is 19.1 Å². The summed E-state index contributed by atoms with van der Waals surface area (Å²) in [6.07, 6.45) is 3.51. The van der Waals surface area contributed by atoms with Crippen LogP contribution in [0, 0.1) is 0 Å². The molecule has 1 heterocycles. The van der Waals surface area contributed by atoms with Gasteiger partial charge in [0, 0.05) is 24.6 Å². The van der Waals surface area contributed by atoms with E-state index in [1.165, 1.54) is 0 Å². The molecule has 1 aliphatic rings. The summed E-state index contributed by atoms with van der Waals surface area (Å²) in [5.74, 6) is -0.443. The molecule has 0 bridgehead atoms. The van der Waals surface area contributed by atoms with Crippen molar-refractivity contribution in [3.63, 3.8) is 0 Å². The second kappa shape index (κ2) is 13.8. The molecule has 7 nitrogen and oxygen atoms in total. The zero-order chi connectivity index (χ0) is 24.1. The van der Waals surface area contributed by atoms with Crippen LogP contribution in [-0.4, -0.2) is 50.2 Å². The number of para-hydroxylation sites is 1. The Morgan fingerprint density at radius 3 is 2.42 bits per heavy atom. The molecule has 1 aliphatic heterocycles. The van der Waals surface area contributed by atoms with Crippen molar-refractivity contribution in [2.45, 2.75) is 39.5 Å². The molecule has 0 saturated carbocycles. The van der Waals surface area contributed by atoms with Crippen LogP contribution in [0.1, 0.15) is 50.7 Å². The summed E-state index contributed by atoms with van der Waals surface area (Å²) in [5, 5.41) is 2.51. The fourth-order valence-corrected chi connectivity index (χ4v) is 3.29. The molecule has 2 aromatic rings.